The Morgan fingerprint density at radius 1 is 0.725 bits per heavy atom. The van der Waals surface area contributed by atoms with Gasteiger partial charge in [0.1, 0.15) is 23.1 Å². The van der Waals surface area contributed by atoms with Gasteiger partial charge in [-0.1, -0.05) is 18.2 Å². The summed E-state index contributed by atoms with van der Waals surface area (Å²) in [4.78, 5) is 54.7. The van der Waals surface area contributed by atoms with Gasteiger partial charge in [0.15, 0.2) is 5.78 Å². The maximum absolute atomic E-state index is 13.2. The van der Waals surface area contributed by atoms with Gasteiger partial charge in [-0.25, -0.2) is 9.97 Å². The van der Waals surface area contributed by atoms with Crippen LogP contribution in [0.5, 0.6) is 11.5 Å². The fraction of sp³-hybridized carbons (Fsp3) is 0.250. The molecule has 0 bridgehead atoms. The second-order valence-corrected chi connectivity index (χ2v) is 13.1. The summed E-state index contributed by atoms with van der Waals surface area (Å²) in [6, 6.07) is 23.2. The Labute approximate surface area is 295 Å². The highest BCUT2D eigenvalue weighted by Gasteiger charge is 2.32. The number of hydrogen-bond acceptors (Lipinski definition) is 8. The molecule has 0 aliphatic carbocycles. The van der Waals surface area contributed by atoms with Crippen LogP contribution in [0.1, 0.15) is 65.3 Å². The van der Waals surface area contributed by atoms with Crippen LogP contribution in [0.25, 0.3) is 22.5 Å². The Morgan fingerprint density at radius 3 is 2.22 bits per heavy atom. The number of ketones is 1. The highest BCUT2D eigenvalue weighted by Crippen LogP contribution is 2.35. The lowest BCUT2D eigenvalue weighted by Gasteiger charge is -2.23. The molecule has 0 saturated carbocycles. The minimum atomic E-state index is -0.0782. The van der Waals surface area contributed by atoms with Crippen molar-refractivity contribution in [2.45, 2.75) is 44.2 Å². The van der Waals surface area contributed by atoms with E-state index >= 15 is 0 Å². The number of nitrogens with one attached hydrogen (secondary N) is 2. The first-order valence-electron chi connectivity index (χ1n) is 17.4. The van der Waals surface area contributed by atoms with Crippen molar-refractivity contribution in [2.75, 3.05) is 19.6 Å². The van der Waals surface area contributed by atoms with Gasteiger partial charge in [-0.3, -0.25) is 24.5 Å². The lowest BCUT2D eigenvalue weighted by molar-refractivity contribution is -0.131. The summed E-state index contributed by atoms with van der Waals surface area (Å²) >= 11 is 0. The Kier molecular flexibility index (Phi) is 9.18. The number of carbonyl (C=O) groups is 2. The van der Waals surface area contributed by atoms with Crippen molar-refractivity contribution >= 4 is 11.7 Å². The van der Waals surface area contributed by atoms with Crippen LogP contribution in [0.15, 0.2) is 110 Å². The normalized spacial score (nSPS) is 17.5. The van der Waals surface area contributed by atoms with Crippen molar-refractivity contribution in [2.24, 2.45) is 0 Å². The number of benzene rings is 2. The van der Waals surface area contributed by atoms with Gasteiger partial charge in [-0.2, -0.15) is 0 Å². The third-order valence-corrected chi connectivity index (χ3v) is 9.71. The quantitative estimate of drug-likeness (QED) is 0.140. The summed E-state index contributed by atoms with van der Waals surface area (Å²) in [5, 5.41) is 0. The molecule has 2 N–H and O–H groups in total. The first kappa shape index (κ1) is 32.3. The number of pyridine rings is 2. The standard InChI is InChI=1S/C40H38N8O3/c49-37(30-8-3-17-42-23-30)26-47-18-4-10-35(47)39-43-24-33(45-39)28-12-14-31(15-13-28)51-32-9-1-7-29(21-32)34-25-44-40(46-34)36-11-5-19-48(36)38(50)20-27-6-2-16-41-22-27/h1-3,6-9,12-17,21-25,35-36H,4-5,10-11,18-20,26H2,(H,43,45)(H,44,46)/t35?,36-/m0/s1. The van der Waals surface area contributed by atoms with E-state index in [9.17, 15) is 9.59 Å². The van der Waals surface area contributed by atoms with Crippen molar-refractivity contribution in [3.8, 4) is 34.0 Å². The molecular weight excluding hydrogens is 640 g/mol. The van der Waals surface area contributed by atoms with Gasteiger partial charge in [0.2, 0.25) is 5.91 Å². The van der Waals surface area contributed by atoms with Gasteiger partial charge >= 0.3 is 0 Å². The average Bonchev–Trinajstić information content (AvgIpc) is 4.00. The van der Waals surface area contributed by atoms with Gasteiger partial charge < -0.3 is 19.6 Å². The second kappa shape index (κ2) is 14.5. The molecule has 0 radical (unpaired) electrons. The van der Waals surface area contributed by atoms with Crippen LogP contribution in [-0.4, -0.2) is 71.0 Å². The predicted octanol–water partition coefficient (Wildman–Crippen LogP) is 6.98. The zero-order valence-electron chi connectivity index (χ0n) is 28.1. The molecule has 51 heavy (non-hydrogen) atoms. The van der Waals surface area contributed by atoms with E-state index in [0.717, 1.165) is 78.5 Å². The minimum absolute atomic E-state index is 0.0669. The first-order valence-corrected chi connectivity index (χ1v) is 17.4. The molecule has 2 aliphatic rings. The van der Waals surface area contributed by atoms with Crippen molar-refractivity contribution in [1.29, 1.82) is 0 Å². The number of H-pyrrole nitrogens is 2. The van der Waals surface area contributed by atoms with E-state index in [-0.39, 0.29) is 23.8 Å². The number of carbonyl (C=O) groups excluding carboxylic acids is 2. The molecule has 256 valence electrons. The third kappa shape index (κ3) is 7.20. The number of ether oxygens (including phenoxy) is 1. The lowest BCUT2D eigenvalue weighted by Crippen LogP contribution is -2.32. The number of nitrogens with zero attached hydrogens (tertiary/aromatic N) is 6. The molecule has 2 aromatic carbocycles. The third-order valence-electron chi connectivity index (χ3n) is 9.71. The van der Waals surface area contributed by atoms with E-state index in [1.54, 1.807) is 30.9 Å². The molecule has 2 aliphatic heterocycles. The lowest BCUT2D eigenvalue weighted by atomic mass is 10.1. The molecule has 4 aromatic heterocycles. The Bertz CT molecular complexity index is 2110. The van der Waals surface area contributed by atoms with Crippen LogP contribution in [0.4, 0.5) is 0 Å². The maximum atomic E-state index is 13.2. The molecular formula is C40H38N8O3. The van der Waals surface area contributed by atoms with E-state index in [0.29, 0.717) is 30.0 Å². The summed E-state index contributed by atoms with van der Waals surface area (Å²) in [6.07, 6.45) is 14.6. The van der Waals surface area contributed by atoms with E-state index in [1.807, 2.05) is 84.0 Å². The molecule has 2 atom stereocenters. The SMILES string of the molecule is O=C(CN1CCCC1c1ncc(-c2ccc(Oc3cccc(-c4cnc([C@@H]5CCCN5C(=O)Cc5cccnc5)[nH]4)c3)cc2)[nH]1)c1cccnc1. The molecule has 0 spiro atoms. The van der Waals surface area contributed by atoms with Crippen molar-refractivity contribution in [3.05, 3.63) is 133 Å². The van der Waals surface area contributed by atoms with Gasteiger partial charge in [-0.05, 0) is 98.0 Å². The number of amides is 1. The van der Waals surface area contributed by atoms with E-state index in [4.69, 9.17) is 14.7 Å². The van der Waals surface area contributed by atoms with Crippen LogP contribution in [0, 0.1) is 0 Å². The summed E-state index contributed by atoms with van der Waals surface area (Å²) in [5.74, 6) is 3.24. The largest absolute Gasteiger partial charge is 0.457 e. The van der Waals surface area contributed by atoms with Crippen molar-refractivity contribution < 1.29 is 14.3 Å². The molecule has 6 heterocycles. The molecule has 1 amide bonds. The first-order chi connectivity index (χ1) is 25.1. The molecule has 11 heteroatoms. The van der Waals surface area contributed by atoms with E-state index in [2.05, 4.69) is 24.8 Å². The molecule has 2 saturated heterocycles. The van der Waals surface area contributed by atoms with Crippen molar-refractivity contribution in [3.63, 3.8) is 0 Å². The zero-order chi connectivity index (χ0) is 34.6. The number of imidazole rings is 2. The predicted molar refractivity (Wildman–Crippen MR) is 192 cm³/mol. The summed E-state index contributed by atoms with van der Waals surface area (Å²) in [5.41, 5.74) is 5.27. The number of hydrogen-bond donors (Lipinski definition) is 2. The van der Waals surface area contributed by atoms with E-state index < -0.39 is 0 Å². The van der Waals surface area contributed by atoms with Crippen molar-refractivity contribution in [1.82, 2.24) is 39.7 Å². The Balaban J connectivity index is 0.902. The van der Waals surface area contributed by atoms with E-state index in [1.165, 1.54) is 0 Å². The van der Waals surface area contributed by atoms with Gasteiger partial charge in [0.25, 0.3) is 0 Å². The maximum Gasteiger partial charge on any atom is 0.227 e. The summed E-state index contributed by atoms with van der Waals surface area (Å²) in [6.45, 7) is 1.92. The Morgan fingerprint density at radius 2 is 1.45 bits per heavy atom. The van der Waals surface area contributed by atoms with Crippen LogP contribution in [-0.2, 0) is 11.2 Å². The average molecular weight is 679 g/mol. The number of Topliss-reactive ketones (excluding diaryl/α,β-unsaturated/α-hetero) is 1. The molecule has 8 rings (SSSR count). The highest BCUT2D eigenvalue weighted by molar-refractivity contribution is 5.97. The fourth-order valence-corrected chi connectivity index (χ4v) is 7.13. The number of aromatic nitrogens is 6. The topological polar surface area (TPSA) is 133 Å². The van der Waals surface area contributed by atoms with Crippen LogP contribution < -0.4 is 4.74 Å². The number of likely N-dealkylation sites (tertiary alicyclic amines) is 2. The van der Waals surface area contributed by atoms with Crippen LogP contribution in [0.2, 0.25) is 0 Å². The number of rotatable bonds is 11. The molecule has 1 unspecified atom stereocenters. The smallest absolute Gasteiger partial charge is 0.227 e. The molecule has 2 fully saturated rings. The second-order valence-electron chi connectivity index (χ2n) is 13.1. The molecule has 11 nitrogen and oxygen atoms in total. The van der Waals surface area contributed by atoms with Gasteiger partial charge in [-0.15, -0.1) is 0 Å². The molecule has 6 aromatic rings. The fourth-order valence-electron chi connectivity index (χ4n) is 7.13. The summed E-state index contributed by atoms with van der Waals surface area (Å²) < 4.78 is 6.26. The minimum Gasteiger partial charge on any atom is -0.457 e. The van der Waals surface area contributed by atoms with Gasteiger partial charge in [0, 0.05) is 42.5 Å². The van der Waals surface area contributed by atoms with Gasteiger partial charge in [0.05, 0.1) is 48.8 Å². The monoisotopic (exact) mass is 678 g/mol. The van der Waals surface area contributed by atoms with Crippen LogP contribution >= 0.6 is 0 Å². The zero-order valence-corrected chi connectivity index (χ0v) is 28.1. The Hall–Kier alpha value is -5.94. The van der Waals surface area contributed by atoms with Crippen LogP contribution in [0.3, 0.4) is 0 Å². The summed E-state index contributed by atoms with van der Waals surface area (Å²) in [7, 11) is 0. The highest BCUT2D eigenvalue weighted by atomic mass is 16.5. The number of aromatic amines is 2.